The Bertz CT molecular complexity index is 981. The van der Waals surface area contributed by atoms with E-state index in [9.17, 15) is 9.59 Å². The number of hydrogen-bond acceptors (Lipinski definition) is 6. The van der Waals surface area contributed by atoms with Crippen molar-refractivity contribution in [2.75, 3.05) is 17.6 Å². The molecule has 1 aliphatic heterocycles. The first-order valence-corrected chi connectivity index (χ1v) is 11.0. The molecule has 136 valence electrons. The average Bonchev–Trinajstić information content (AvgIpc) is 3.36. The fraction of sp³-hybridized carbons (Fsp3) is 0.105. The third-order valence-corrected chi connectivity index (χ3v) is 6.34. The lowest BCUT2D eigenvalue weighted by Crippen LogP contribution is -2.39. The molecule has 0 atom stereocenters. The number of anilines is 1. The van der Waals surface area contributed by atoms with Crippen LogP contribution in [0, 0.1) is 0 Å². The smallest absolute Gasteiger partial charge is 0.246 e. The van der Waals surface area contributed by atoms with E-state index < -0.39 is 0 Å². The van der Waals surface area contributed by atoms with E-state index in [0.717, 1.165) is 21.8 Å². The van der Waals surface area contributed by atoms with Gasteiger partial charge in [0, 0.05) is 5.38 Å². The molecule has 0 saturated heterocycles. The normalized spacial score (nSPS) is 14.1. The van der Waals surface area contributed by atoms with Crippen LogP contribution in [-0.2, 0) is 9.59 Å². The lowest BCUT2D eigenvalue weighted by atomic mass is 10.1. The van der Waals surface area contributed by atoms with E-state index in [1.165, 1.54) is 28.0 Å². The van der Waals surface area contributed by atoms with Gasteiger partial charge in [0.2, 0.25) is 11.8 Å². The van der Waals surface area contributed by atoms with Crippen molar-refractivity contribution in [2.24, 2.45) is 0 Å². The molecule has 2 aromatic heterocycles. The minimum absolute atomic E-state index is 0.0337. The summed E-state index contributed by atoms with van der Waals surface area (Å²) in [4.78, 5) is 32.0. The van der Waals surface area contributed by atoms with Crippen LogP contribution in [0.15, 0.2) is 58.6 Å². The third-order valence-electron chi connectivity index (χ3n) is 3.89. The van der Waals surface area contributed by atoms with E-state index in [1.807, 2.05) is 58.6 Å². The highest BCUT2D eigenvalue weighted by Gasteiger charge is 2.25. The number of thiophene rings is 1. The number of thioether (sulfide) groups is 1. The van der Waals surface area contributed by atoms with Gasteiger partial charge >= 0.3 is 0 Å². The van der Waals surface area contributed by atoms with Gasteiger partial charge in [0.05, 0.1) is 22.0 Å². The maximum absolute atomic E-state index is 12.5. The zero-order chi connectivity index (χ0) is 18.6. The first-order valence-electron chi connectivity index (χ1n) is 8.17. The number of nitrogens with zero attached hydrogens (tertiary/aromatic N) is 2. The Labute approximate surface area is 168 Å². The van der Waals surface area contributed by atoms with Crippen LogP contribution < -0.4 is 5.32 Å². The number of thiazole rings is 1. The molecule has 1 N–H and O–H groups in total. The van der Waals surface area contributed by atoms with Gasteiger partial charge in [-0.2, -0.15) is 0 Å². The minimum Gasteiger partial charge on any atom is -0.301 e. The van der Waals surface area contributed by atoms with Gasteiger partial charge in [0.25, 0.3) is 0 Å². The zero-order valence-corrected chi connectivity index (χ0v) is 16.6. The predicted molar refractivity (Wildman–Crippen MR) is 113 cm³/mol. The molecule has 0 fully saturated rings. The molecule has 4 rings (SSSR count). The number of carbonyl (C=O) groups is 2. The highest BCUT2D eigenvalue weighted by atomic mass is 32.2. The van der Waals surface area contributed by atoms with Crippen LogP contribution in [-0.4, -0.2) is 34.0 Å². The summed E-state index contributed by atoms with van der Waals surface area (Å²) in [7, 11) is 0. The highest BCUT2D eigenvalue weighted by Crippen LogP contribution is 2.30. The summed E-state index contributed by atoms with van der Waals surface area (Å²) in [5.74, 6) is 0.00251. The van der Waals surface area contributed by atoms with Crippen LogP contribution in [0.3, 0.4) is 0 Å². The van der Waals surface area contributed by atoms with E-state index >= 15 is 0 Å². The second kappa shape index (κ2) is 8.08. The molecule has 3 heterocycles. The molecular formula is C19H15N3O2S3. The molecule has 1 aliphatic rings. The molecule has 0 unspecified atom stereocenters. The Morgan fingerprint density at radius 3 is 2.78 bits per heavy atom. The summed E-state index contributed by atoms with van der Waals surface area (Å²) >= 11 is 4.43. The maximum atomic E-state index is 12.5. The SMILES string of the molecule is O=C(CN1C(=O)CSC=C1c1ccccc1)Nc1nc(-c2cccs2)cs1. The summed E-state index contributed by atoms with van der Waals surface area (Å²) < 4.78 is 0. The van der Waals surface area contributed by atoms with Crippen LogP contribution in [0.2, 0.25) is 0 Å². The van der Waals surface area contributed by atoms with Crippen molar-refractivity contribution in [1.82, 2.24) is 9.88 Å². The molecule has 1 aromatic carbocycles. The van der Waals surface area contributed by atoms with E-state index in [-0.39, 0.29) is 18.4 Å². The quantitative estimate of drug-likeness (QED) is 0.674. The van der Waals surface area contributed by atoms with Gasteiger partial charge < -0.3 is 10.2 Å². The Morgan fingerprint density at radius 2 is 2.00 bits per heavy atom. The summed E-state index contributed by atoms with van der Waals surface area (Å²) in [6, 6.07) is 13.6. The van der Waals surface area contributed by atoms with Gasteiger partial charge in [-0.05, 0) is 22.4 Å². The zero-order valence-electron chi connectivity index (χ0n) is 14.1. The summed E-state index contributed by atoms with van der Waals surface area (Å²) in [5, 5.41) is 9.18. The maximum Gasteiger partial charge on any atom is 0.246 e. The molecule has 0 aliphatic carbocycles. The first-order chi connectivity index (χ1) is 13.2. The molecule has 0 radical (unpaired) electrons. The number of carbonyl (C=O) groups excluding carboxylic acids is 2. The molecular weight excluding hydrogens is 398 g/mol. The number of nitrogens with one attached hydrogen (secondary N) is 1. The van der Waals surface area contributed by atoms with Crippen LogP contribution in [0.1, 0.15) is 5.56 Å². The number of hydrogen-bond donors (Lipinski definition) is 1. The Hall–Kier alpha value is -2.42. The van der Waals surface area contributed by atoms with E-state index in [0.29, 0.717) is 10.9 Å². The van der Waals surface area contributed by atoms with Gasteiger partial charge in [0.15, 0.2) is 5.13 Å². The van der Waals surface area contributed by atoms with Crippen LogP contribution in [0.25, 0.3) is 16.3 Å². The molecule has 27 heavy (non-hydrogen) atoms. The molecule has 3 aromatic rings. The minimum atomic E-state index is -0.260. The van der Waals surface area contributed by atoms with Crippen LogP contribution in [0.5, 0.6) is 0 Å². The highest BCUT2D eigenvalue weighted by molar-refractivity contribution is 8.03. The van der Waals surface area contributed by atoms with E-state index in [1.54, 1.807) is 11.3 Å². The summed E-state index contributed by atoms with van der Waals surface area (Å²) in [5.41, 5.74) is 2.52. The Kier molecular flexibility index (Phi) is 5.38. The Morgan fingerprint density at radius 1 is 1.15 bits per heavy atom. The van der Waals surface area contributed by atoms with Gasteiger partial charge in [0.1, 0.15) is 6.54 Å². The first kappa shape index (κ1) is 18.0. The fourth-order valence-corrected chi connectivity index (χ4v) is 4.94. The van der Waals surface area contributed by atoms with Crippen molar-refractivity contribution >= 4 is 57.1 Å². The van der Waals surface area contributed by atoms with Crippen LogP contribution in [0.4, 0.5) is 5.13 Å². The monoisotopic (exact) mass is 413 g/mol. The number of benzene rings is 1. The van der Waals surface area contributed by atoms with Gasteiger partial charge in [-0.3, -0.25) is 9.59 Å². The molecule has 5 nitrogen and oxygen atoms in total. The number of amides is 2. The lowest BCUT2D eigenvalue weighted by molar-refractivity contribution is -0.129. The topological polar surface area (TPSA) is 62.3 Å². The second-order valence-electron chi connectivity index (χ2n) is 5.72. The van der Waals surface area contributed by atoms with Crippen molar-refractivity contribution in [3.8, 4) is 10.6 Å². The summed E-state index contributed by atoms with van der Waals surface area (Å²) in [6.07, 6.45) is 0. The standard InChI is InChI=1S/C19H15N3O2S3/c23-17(21-19-20-14(10-27-19)16-7-4-8-26-16)9-22-15(11-25-12-18(22)24)13-5-2-1-3-6-13/h1-8,10-11H,9,12H2,(H,20,21,23). The van der Waals surface area contributed by atoms with Gasteiger partial charge in [-0.25, -0.2) is 4.98 Å². The molecule has 0 spiro atoms. The largest absolute Gasteiger partial charge is 0.301 e. The van der Waals surface area contributed by atoms with Gasteiger partial charge in [-0.1, -0.05) is 36.4 Å². The fourth-order valence-electron chi connectivity index (χ4n) is 2.64. The molecule has 0 bridgehead atoms. The number of aromatic nitrogens is 1. The van der Waals surface area contributed by atoms with Crippen molar-refractivity contribution in [3.05, 3.63) is 64.2 Å². The second-order valence-corrected chi connectivity index (χ2v) is 8.39. The Balaban J connectivity index is 1.47. The molecule has 2 amide bonds. The van der Waals surface area contributed by atoms with Crippen LogP contribution >= 0.6 is 34.4 Å². The van der Waals surface area contributed by atoms with Crippen molar-refractivity contribution in [3.63, 3.8) is 0 Å². The van der Waals surface area contributed by atoms with E-state index in [4.69, 9.17) is 0 Å². The van der Waals surface area contributed by atoms with Crippen molar-refractivity contribution in [2.45, 2.75) is 0 Å². The van der Waals surface area contributed by atoms with Gasteiger partial charge in [-0.15, -0.1) is 34.4 Å². The molecule has 0 saturated carbocycles. The number of rotatable bonds is 5. The van der Waals surface area contributed by atoms with E-state index in [2.05, 4.69) is 10.3 Å². The predicted octanol–water partition coefficient (Wildman–Crippen LogP) is 4.38. The molecule has 8 heteroatoms. The lowest BCUT2D eigenvalue weighted by Gasteiger charge is -2.28. The summed E-state index contributed by atoms with van der Waals surface area (Å²) in [6.45, 7) is -0.0337. The van der Waals surface area contributed by atoms with Crippen molar-refractivity contribution < 1.29 is 9.59 Å². The third kappa shape index (κ3) is 4.13. The average molecular weight is 414 g/mol. The van der Waals surface area contributed by atoms with Crippen molar-refractivity contribution in [1.29, 1.82) is 0 Å².